The highest BCUT2D eigenvalue weighted by Crippen LogP contribution is 2.25. The molecule has 0 heterocycles. The molecule has 1 aromatic carbocycles. The van der Waals surface area contributed by atoms with Gasteiger partial charge in [0.25, 0.3) is 0 Å². The van der Waals surface area contributed by atoms with Crippen LogP contribution in [0.1, 0.15) is 70.4 Å². The van der Waals surface area contributed by atoms with Gasteiger partial charge < -0.3 is 5.32 Å². The number of nitrogens with one attached hydrogen (secondary N) is 1. The van der Waals surface area contributed by atoms with Crippen LogP contribution < -0.4 is 5.32 Å². The monoisotopic (exact) mass is 391 g/mol. The van der Waals surface area contributed by atoms with Crippen molar-refractivity contribution in [3.63, 3.8) is 0 Å². The number of rotatable bonds is 10. The fourth-order valence-electron chi connectivity index (χ4n) is 2.42. The minimum absolute atomic E-state index is 0.143. The smallest absolute Gasteiger partial charge is 0.124 e. The van der Waals surface area contributed by atoms with Gasteiger partial charge >= 0.3 is 0 Å². The van der Waals surface area contributed by atoms with Gasteiger partial charge in [0.05, 0.1) is 0 Å². The Hall–Kier alpha value is -0.160. The van der Waals surface area contributed by atoms with Crippen molar-refractivity contribution in [2.45, 2.75) is 64.8 Å². The SMILES string of the molecule is CCCCCCCC(NCCC)c1ccc(F)cc1I. The summed E-state index contributed by atoms with van der Waals surface area (Å²) in [6.45, 7) is 5.44. The Bertz CT molecular complexity index is 381. The van der Waals surface area contributed by atoms with Crippen LogP contribution in [0.15, 0.2) is 18.2 Å². The largest absolute Gasteiger partial charge is 0.310 e. The Morgan fingerprint density at radius 3 is 2.50 bits per heavy atom. The first-order valence-electron chi connectivity index (χ1n) is 7.87. The van der Waals surface area contributed by atoms with E-state index in [0.717, 1.165) is 23.0 Å². The third-order valence-electron chi connectivity index (χ3n) is 3.58. The van der Waals surface area contributed by atoms with E-state index in [1.54, 1.807) is 12.1 Å². The van der Waals surface area contributed by atoms with Crippen LogP contribution in [0, 0.1) is 9.39 Å². The van der Waals surface area contributed by atoms with E-state index in [1.807, 2.05) is 6.07 Å². The number of halogens is 2. The van der Waals surface area contributed by atoms with Gasteiger partial charge in [0.2, 0.25) is 0 Å². The molecule has 1 unspecified atom stereocenters. The molecular formula is C17H27FIN. The molecule has 0 aromatic heterocycles. The summed E-state index contributed by atoms with van der Waals surface area (Å²) < 4.78 is 14.3. The van der Waals surface area contributed by atoms with Crippen LogP contribution in [0.5, 0.6) is 0 Å². The molecule has 1 atom stereocenters. The molecular weight excluding hydrogens is 364 g/mol. The summed E-state index contributed by atoms with van der Waals surface area (Å²) in [6.07, 6.45) is 8.77. The Morgan fingerprint density at radius 1 is 1.10 bits per heavy atom. The highest BCUT2D eigenvalue weighted by molar-refractivity contribution is 14.1. The van der Waals surface area contributed by atoms with E-state index < -0.39 is 0 Å². The van der Waals surface area contributed by atoms with E-state index in [1.165, 1.54) is 37.7 Å². The summed E-state index contributed by atoms with van der Waals surface area (Å²) in [5, 5.41) is 3.61. The minimum atomic E-state index is -0.143. The average Bonchev–Trinajstić information content (AvgIpc) is 2.43. The van der Waals surface area contributed by atoms with Gasteiger partial charge in [-0.05, 0) is 59.7 Å². The van der Waals surface area contributed by atoms with Gasteiger partial charge in [-0.25, -0.2) is 4.39 Å². The van der Waals surface area contributed by atoms with Crippen LogP contribution in [0.3, 0.4) is 0 Å². The van der Waals surface area contributed by atoms with E-state index in [4.69, 9.17) is 0 Å². The summed E-state index contributed by atoms with van der Waals surface area (Å²) in [5.41, 5.74) is 1.25. The molecule has 0 saturated heterocycles. The number of hydrogen-bond donors (Lipinski definition) is 1. The van der Waals surface area contributed by atoms with E-state index >= 15 is 0 Å². The van der Waals surface area contributed by atoms with Crippen molar-refractivity contribution in [3.8, 4) is 0 Å². The lowest BCUT2D eigenvalue weighted by molar-refractivity contribution is 0.466. The number of hydrogen-bond acceptors (Lipinski definition) is 1. The van der Waals surface area contributed by atoms with E-state index in [9.17, 15) is 4.39 Å². The molecule has 0 fully saturated rings. The van der Waals surface area contributed by atoms with Gasteiger partial charge in [-0.1, -0.05) is 52.0 Å². The molecule has 1 rings (SSSR count). The molecule has 0 radical (unpaired) electrons. The average molecular weight is 391 g/mol. The van der Waals surface area contributed by atoms with Crippen molar-refractivity contribution < 1.29 is 4.39 Å². The lowest BCUT2D eigenvalue weighted by atomic mass is 9.99. The molecule has 0 bridgehead atoms. The molecule has 0 aliphatic rings. The van der Waals surface area contributed by atoms with Crippen molar-refractivity contribution in [3.05, 3.63) is 33.1 Å². The van der Waals surface area contributed by atoms with Gasteiger partial charge in [-0.15, -0.1) is 0 Å². The zero-order chi connectivity index (χ0) is 14.8. The summed E-state index contributed by atoms with van der Waals surface area (Å²) in [4.78, 5) is 0. The van der Waals surface area contributed by atoms with Gasteiger partial charge in [0, 0.05) is 9.61 Å². The lowest BCUT2D eigenvalue weighted by Crippen LogP contribution is -2.23. The van der Waals surface area contributed by atoms with E-state index in [0.29, 0.717) is 6.04 Å². The highest BCUT2D eigenvalue weighted by Gasteiger charge is 2.13. The molecule has 20 heavy (non-hydrogen) atoms. The summed E-state index contributed by atoms with van der Waals surface area (Å²) in [7, 11) is 0. The Kier molecular flexibility index (Phi) is 9.44. The van der Waals surface area contributed by atoms with Gasteiger partial charge in [0.1, 0.15) is 5.82 Å². The third-order valence-corrected chi connectivity index (χ3v) is 4.51. The Balaban J connectivity index is 2.58. The van der Waals surface area contributed by atoms with Crippen molar-refractivity contribution in [1.82, 2.24) is 5.32 Å². The molecule has 114 valence electrons. The zero-order valence-electron chi connectivity index (χ0n) is 12.7. The predicted molar refractivity (Wildman–Crippen MR) is 93.5 cm³/mol. The first-order chi connectivity index (χ1) is 9.69. The van der Waals surface area contributed by atoms with Crippen LogP contribution in [-0.2, 0) is 0 Å². The minimum Gasteiger partial charge on any atom is -0.310 e. The van der Waals surface area contributed by atoms with Crippen molar-refractivity contribution in [2.24, 2.45) is 0 Å². The Labute approximate surface area is 136 Å². The molecule has 0 aliphatic carbocycles. The summed E-state index contributed by atoms with van der Waals surface area (Å²) >= 11 is 2.25. The predicted octanol–water partition coefficient (Wildman–Crippen LogP) is 5.83. The standard InChI is InChI=1S/C17H27FIN/c1-3-5-6-7-8-9-17(20-12-4-2)15-11-10-14(18)13-16(15)19/h10-11,13,17,20H,3-9,12H2,1-2H3. The third kappa shape index (κ3) is 6.53. The van der Waals surface area contributed by atoms with Crippen molar-refractivity contribution >= 4 is 22.6 Å². The molecule has 0 spiro atoms. The fraction of sp³-hybridized carbons (Fsp3) is 0.647. The quantitative estimate of drug-likeness (QED) is 0.391. The summed E-state index contributed by atoms with van der Waals surface area (Å²) in [6, 6.07) is 5.52. The zero-order valence-corrected chi connectivity index (χ0v) is 14.9. The van der Waals surface area contributed by atoms with Crippen LogP contribution in [0.25, 0.3) is 0 Å². The summed E-state index contributed by atoms with van der Waals surface area (Å²) in [5.74, 6) is -0.143. The normalized spacial score (nSPS) is 12.6. The second kappa shape index (κ2) is 10.6. The van der Waals surface area contributed by atoms with Crippen LogP contribution in [0.4, 0.5) is 4.39 Å². The number of unbranched alkanes of at least 4 members (excludes halogenated alkanes) is 4. The van der Waals surface area contributed by atoms with Gasteiger partial charge in [-0.2, -0.15) is 0 Å². The molecule has 0 aliphatic heterocycles. The highest BCUT2D eigenvalue weighted by atomic mass is 127. The molecule has 0 saturated carbocycles. The second-order valence-corrected chi connectivity index (χ2v) is 6.54. The topological polar surface area (TPSA) is 12.0 Å². The van der Waals surface area contributed by atoms with Crippen molar-refractivity contribution in [1.29, 1.82) is 0 Å². The fourth-order valence-corrected chi connectivity index (χ4v) is 3.28. The lowest BCUT2D eigenvalue weighted by Gasteiger charge is -2.20. The molecule has 1 N–H and O–H groups in total. The maximum Gasteiger partial charge on any atom is 0.124 e. The maximum atomic E-state index is 13.2. The van der Waals surface area contributed by atoms with Gasteiger partial charge in [0.15, 0.2) is 0 Å². The first kappa shape index (κ1) is 17.9. The van der Waals surface area contributed by atoms with Crippen LogP contribution in [-0.4, -0.2) is 6.54 Å². The molecule has 0 amide bonds. The molecule has 3 heteroatoms. The van der Waals surface area contributed by atoms with Crippen molar-refractivity contribution in [2.75, 3.05) is 6.54 Å². The van der Waals surface area contributed by atoms with Crippen LogP contribution in [0.2, 0.25) is 0 Å². The maximum absolute atomic E-state index is 13.2. The van der Waals surface area contributed by atoms with Gasteiger partial charge in [-0.3, -0.25) is 0 Å². The van der Waals surface area contributed by atoms with Crippen LogP contribution >= 0.6 is 22.6 Å². The molecule has 1 nitrogen and oxygen atoms in total. The second-order valence-electron chi connectivity index (χ2n) is 5.38. The Morgan fingerprint density at radius 2 is 1.85 bits per heavy atom. The number of benzene rings is 1. The van der Waals surface area contributed by atoms with E-state index in [-0.39, 0.29) is 5.82 Å². The van der Waals surface area contributed by atoms with E-state index in [2.05, 4.69) is 41.8 Å². The molecule has 1 aromatic rings. The first-order valence-corrected chi connectivity index (χ1v) is 8.95.